The molecule has 2 nitrogen and oxygen atoms in total. The second-order valence-corrected chi connectivity index (χ2v) is 12.5. The zero-order valence-electron chi connectivity index (χ0n) is 21.8. The predicted molar refractivity (Wildman–Crippen MR) is 178 cm³/mol. The Hall–Kier alpha value is -4.95. The molecular weight excluding hydrogens is 537 g/mol. The highest BCUT2D eigenvalue weighted by Gasteiger charge is 2.19. The van der Waals surface area contributed by atoms with Gasteiger partial charge in [-0.25, -0.2) is 4.85 Å². The van der Waals surface area contributed by atoms with Crippen molar-refractivity contribution in [1.29, 1.82) is 0 Å². The Labute approximate surface area is 243 Å². The summed E-state index contributed by atoms with van der Waals surface area (Å²) in [6.45, 7) is 8.15. The van der Waals surface area contributed by atoms with Crippen molar-refractivity contribution >= 4 is 90.5 Å². The molecule has 0 atom stereocenters. The first-order chi connectivity index (χ1) is 20.3. The molecule has 4 heteroatoms. The van der Waals surface area contributed by atoms with Crippen molar-refractivity contribution in [2.24, 2.45) is 0 Å². The fourth-order valence-electron chi connectivity index (χ4n) is 6.44. The minimum Gasteiger partial charge on any atom is -0.308 e. The van der Waals surface area contributed by atoms with Crippen molar-refractivity contribution in [1.82, 2.24) is 4.57 Å². The van der Waals surface area contributed by atoms with Crippen molar-refractivity contribution in [2.45, 2.75) is 0 Å². The Morgan fingerprint density at radius 3 is 1.90 bits per heavy atom. The molecule has 0 aliphatic carbocycles. The van der Waals surface area contributed by atoms with E-state index in [1.807, 2.05) is 11.3 Å². The third kappa shape index (κ3) is 3.16. The van der Waals surface area contributed by atoms with Crippen LogP contribution in [0.15, 0.2) is 121 Å². The van der Waals surface area contributed by atoms with E-state index in [1.165, 1.54) is 57.6 Å². The van der Waals surface area contributed by atoms with Crippen LogP contribution in [0.4, 0.5) is 5.69 Å². The monoisotopic (exact) mass is 556 g/mol. The molecule has 41 heavy (non-hydrogen) atoms. The largest absolute Gasteiger partial charge is 0.308 e. The first-order valence-corrected chi connectivity index (χ1v) is 15.2. The van der Waals surface area contributed by atoms with E-state index in [2.05, 4.69) is 131 Å². The van der Waals surface area contributed by atoms with E-state index >= 15 is 0 Å². The zero-order chi connectivity index (χ0) is 27.1. The zero-order valence-corrected chi connectivity index (χ0v) is 23.4. The van der Waals surface area contributed by atoms with Gasteiger partial charge in [0.05, 0.1) is 28.0 Å². The van der Waals surface area contributed by atoms with Crippen molar-refractivity contribution in [3.05, 3.63) is 133 Å². The highest BCUT2D eigenvalue weighted by atomic mass is 32.1. The lowest BCUT2D eigenvalue weighted by Gasteiger charge is -2.09. The summed E-state index contributed by atoms with van der Waals surface area (Å²) in [5.74, 6) is 0. The van der Waals surface area contributed by atoms with Crippen LogP contribution in [0.1, 0.15) is 0 Å². The summed E-state index contributed by atoms with van der Waals surface area (Å²) in [7, 11) is 0. The normalized spacial score (nSPS) is 11.9. The maximum Gasteiger partial charge on any atom is 0.205 e. The van der Waals surface area contributed by atoms with E-state index in [-0.39, 0.29) is 0 Å². The van der Waals surface area contributed by atoms with Crippen LogP contribution in [0.2, 0.25) is 0 Å². The standard InChI is InChI=1S/C37H20N2S2/c1-38-30-21-22(23-13-8-14-27-26-12-4-7-19-34(26)40-35(23)27)20-29-28-15-9-18-33(37(28)41-36(29)30)39-31-16-5-2-10-24(31)25-11-3-6-17-32(25)39/h2-21H. The summed E-state index contributed by atoms with van der Waals surface area (Å²) in [6.07, 6.45) is 0. The number of thiophene rings is 2. The SMILES string of the molecule is [C-]#[N+]c1cc(-c2cccc3c2sc2ccccc23)cc2c1sc1c(-n3c4ccccc4c4ccccc43)cccc12. The number of benzene rings is 6. The molecule has 9 rings (SSSR count). The number of para-hydroxylation sites is 2. The van der Waals surface area contributed by atoms with Gasteiger partial charge in [-0.15, -0.1) is 22.7 Å². The molecule has 0 aliphatic heterocycles. The van der Waals surface area contributed by atoms with Gasteiger partial charge in [0.25, 0.3) is 0 Å². The van der Waals surface area contributed by atoms with Gasteiger partial charge < -0.3 is 4.57 Å². The lowest BCUT2D eigenvalue weighted by molar-refractivity contribution is 1.20. The maximum atomic E-state index is 8.15. The van der Waals surface area contributed by atoms with Gasteiger partial charge in [0.15, 0.2) is 0 Å². The van der Waals surface area contributed by atoms with E-state index in [0.717, 1.165) is 21.3 Å². The number of rotatable bonds is 2. The van der Waals surface area contributed by atoms with E-state index < -0.39 is 0 Å². The Kier molecular flexibility index (Phi) is 4.74. The van der Waals surface area contributed by atoms with Crippen molar-refractivity contribution in [2.75, 3.05) is 0 Å². The Bertz CT molecular complexity index is 2500. The van der Waals surface area contributed by atoms with Gasteiger partial charge >= 0.3 is 0 Å². The van der Waals surface area contributed by atoms with Gasteiger partial charge in [-0.2, -0.15) is 0 Å². The molecular formula is C37H20N2S2. The third-order valence-corrected chi connectivity index (χ3v) is 10.7. The van der Waals surface area contributed by atoms with Crippen molar-refractivity contribution < 1.29 is 0 Å². The minimum atomic E-state index is 0.713. The summed E-state index contributed by atoms with van der Waals surface area (Å²) < 4.78 is 7.21. The van der Waals surface area contributed by atoms with Gasteiger partial charge in [-0.3, -0.25) is 0 Å². The van der Waals surface area contributed by atoms with Gasteiger partial charge in [0.1, 0.15) is 0 Å². The molecule has 0 N–H and O–H groups in total. The minimum absolute atomic E-state index is 0.713. The molecule has 190 valence electrons. The molecule has 0 spiro atoms. The number of hydrogen-bond acceptors (Lipinski definition) is 2. The number of fused-ring (bicyclic) bond motifs is 9. The van der Waals surface area contributed by atoms with Crippen LogP contribution in [-0.2, 0) is 0 Å². The average Bonchev–Trinajstić information content (AvgIpc) is 3.70. The fourth-order valence-corrected chi connectivity index (χ4v) is 8.92. The molecule has 0 aliphatic rings. The molecule has 0 saturated heterocycles. The van der Waals surface area contributed by atoms with E-state index in [9.17, 15) is 0 Å². The van der Waals surface area contributed by atoms with E-state index in [0.29, 0.717) is 5.69 Å². The van der Waals surface area contributed by atoms with Crippen molar-refractivity contribution in [3.63, 3.8) is 0 Å². The Balaban J connectivity index is 1.35. The van der Waals surface area contributed by atoms with Gasteiger partial charge in [-0.05, 0) is 52.9 Å². The van der Waals surface area contributed by atoms with Crippen LogP contribution in [0.5, 0.6) is 0 Å². The summed E-state index contributed by atoms with van der Waals surface area (Å²) in [4.78, 5) is 4.05. The summed E-state index contributed by atoms with van der Waals surface area (Å²) >= 11 is 3.57. The highest BCUT2D eigenvalue weighted by molar-refractivity contribution is 7.27. The van der Waals surface area contributed by atoms with Crippen LogP contribution in [0, 0.1) is 6.57 Å². The van der Waals surface area contributed by atoms with Gasteiger partial charge in [0, 0.05) is 41.0 Å². The molecule has 3 heterocycles. The lowest BCUT2D eigenvalue weighted by Crippen LogP contribution is -1.93. The molecule has 3 aromatic heterocycles. The van der Waals surface area contributed by atoms with Gasteiger partial charge in [-0.1, -0.05) is 84.9 Å². The van der Waals surface area contributed by atoms with Crippen LogP contribution in [0.3, 0.4) is 0 Å². The van der Waals surface area contributed by atoms with Crippen LogP contribution < -0.4 is 0 Å². The summed E-state index contributed by atoms with van der Waals surface area (Å²) in [6, 6.07) is 43.4. The molecule has 6 aromatic carbocycles. The van der Waals surface area contributed by atoms with E-state index in [1.54, 1.807) is 11.3 Å². The molecule has 0 fully saturated rings. The highest BCUT2D eigenvalue weighted by Crippen LogP contribution is 2.47. The van der Waals surface area contributed by atoms with E-state index in [4.69, 9.17) is 6.57 Å². The molecule has 0 amide bonds. The quantitative estimate of drug-likeness (QED) is 0.187. The second-order valence-electron chi connectivity index (χ2n) is 10.4. The lowest BCUT2D eigenvalue weighted by atomic mass is 9.99. The maximum absolute atomic E-state index is 8.15. The van der Waals surface area contributed by atoms with Crippen LogP contribution in [0.25, 0.3) is 83.8 Å². The van der Waals surface area contributed by atoms with Gasteiger partial charge in [0.2, 0.25) is 5.69 Å². The fraction of sp³-hybridized carbons (Fsp3) is 0. The average molecular weight is 557 g/mol. The number of nitrogens with zero attached hydrogens (tertiary/aromatic N) is 2. The summed E-state index contributed by atoms with van der Waals surface area (Å²) in [5.41, 5.74) is 6.55. The Morgan fingerprint density at radius 1 is 0.512 bits per heavy atom. The van der Waals surface area contributed by atoms with Crippen LogP contribution >= 0.6 is 22.7 Å². The van der Waals surface area contributed by atoms with Crippen LogP contribution in [-0.4, -0.2) is 4.57 Å². The summed E-state index contributed by atoms with van der Waals surface area (Å²) in [5, 5.41) is 7.41. The number of hydrogen-bond donors (Lipinski definition) is 0. The second kappa shape index (κ2) is 8.52. The predicted octanol–water partition coefficient (Wildman–Crippen LogP) is 11.7. The van der Waals surface area contributed by atoms with Crippen molar-refractivity contribution in [3.8, 4) is 16.8 Å². The smallest absolute Gasteiger partial charge is 0.205 e. The first-order valence-electron chi connectivity index (χ1n) is 13.6. The third-order valence-electron chi connectivity index (χ3n) is 8.21. The molecule has 0 saturated carbocycles. The molecule has 0 unspecified atom stereocenters. The number of aromatic nitrogens is 1. The Morgan fingerprint density at radius 2 is 1.15 bits per heavy atom. The topological polar surface area (TPSA) is 9.29 Å². The molecule has 0 bridgehead atoms. The molecule has 0 radical (unpaired) electrons. The molecule has 9 aromatic rings. The first kappa shape index (κ1) is 22.8.